The van der Waals surface area contributed by atoms with Crippen molar-refractivity contribution < 1.29 is 9.59 Å². The standard InChI is InChI=1S/C25H24N4O2S/c1-17(30)18-7-9-20(10-8-18)28-11-13-29(14-12-28)25(31)21-16-32-24(26-21)23-15-19-5-3-4-6-22(19)27(23)2/h3-10,15-16H,11-14H2,1-2H3. The van der Waals surface area contributed by atoms with E-state index in [9.17, 15) is 9.59 Å². The number of rotatable bonds is 4. The average molecular weight is 445 g/mol. The molecule has 6 nitrogen and oxygen atoms in total. The third-order valence-electron chi connectivity index (χ3n) is 6.10. The van der Waals surface area contributed by atoms with Gasteiger partial charge in [0.1, 0.15) is 10.7 Å². The lowest BCUT2D eigenvalue weighted by molar-refractivity contribution is 0.0741. The van der Waals surface area contributed by atoms with Gasteiger partial charge in [-0.1, -0.05) is 18.2 Å². The molecule has 1 amide bonds. The second-order valence-corrected chi connectivity index (χ2v) is 8.93. The van der Waals surface area contributed by atoms with Gasteiger partial charge >= 0.3 is 0 Å². The summed E-state index contributed by atoms with van der Waals surface area (Å²) in [5, 5.41) is 3.89. The predicted octanol–water partition coefficient (Wildman–Crippen LogP) is 4.47. The van der Waals surface area contributed by atoms with Crippen molar-refractivity contribution in [3.05, 3.63) is 71.2 Å². The second kappa shape index (κ2) is 8.24. The third kappa shape index (κ3) is 3.69. The number of anilines is 1. The Bertz CT molecular complexity index is 1300. The van der Waals surface area contributed by atoms with E-state index in [0.717, 1.165) is 35.0 Å². The van der Waals surface area contributed by atoms with E-state index in [4.69, 9.17) is 0 Å². The van der Waals surface area contributed by atoms with Crippen LogP contribution in [-0.2, 0) is 7.05 Å². The van der Waals surface area contributed by atoms with Crippen molar-refractivity contribution in [2.45, 2.75) is 6.92 Å². The first kappa shape index (κ1) is 20.5. The van der Waals surface area contributed by atoms with Crippen LogP contribution < -0.4 is 4.90 Å². The van der Waals surface area contributed by atoms with Crippen LogP contribution in [0.4, 0.5) is 5.69 Å². The maximum absolute atomic E-state index is 13.1. The zero-order valence-corrected chi connectivity index (χ0v) is 18.9. The number of ketones is 1. The van der Waals surface area contributed by atoms with Gasteiger partial charge in [-0.15, -0.1) is 11.3 Å². The molecule has 32 heavy (non-hydrogen) atoms. The molecule has 0 N–H and O–H groups in total. The van der Waals surface area contributed by atoms with E-state index < -0.39 is 0 Å². The van der Waals surface area contributed by atoms with Crippen LogP contribution in [0.1, 0.15) is 27.8 Å². The van der Waals surface area contributed by atoms with Gasteiger partial charge in [-0.3, -0.25) is 9.59 Å². The SMILES string of the molecule is CC(=O)c1ccc(N2CCN(C(=O)c3csc(-c4cc5ccccc5n4C)n3)CC2)cc1. The van der Waals surface area contributed by atoms with Crippen molar-refractivity contribution in [1.82, 2.24) is 14.5 Å². The van der Waals surface area contributed by atoms with Gasteiger partial charge in [0.05, 0.1) is 5.69 Å². The number of hydrogen-bond acceptors (Lipinski definition) is 5. The smallest absolute Gasteiger partial charge is 0.273 e. The maximum atomic E-state index is 13.1. The average Bonchev–Trinajstić information content (AvgIpc) is 3.44. The number of hydrogen-bond donors (Lipinski definition) is 0. The van der Waals surface area contributed by atoms with Gasteiger partial charge in [-0.05, 0) is 43.3 Å². The summed E-state index contributed by atoms with van der Waals surface area (Å²) in [5.74, 6) is 0.0517. The number of aryl methyl sites for hydroxylation is 1. The number of amides is 1. The molecule has 162 valence electrons. The Labute approximate surface area is 190 Å². The molecule has 0 atom stereocenters. The van der Waals surface area contributed by atoms with E-state index in [0.29, 0.717) is 24.3 Å². The van der Waals surface area contributed by atoms with Gasteiger partial charge in [0.15, 0.2) is 5.78 Å². The lowest BCUT2D eigenvalue weighted by Crippen LogP contribution is -2.48. The van der Waals surface area contributed by atoms with Crippen LogP contribution in [0.5, 0.6) is 0 Å². The molecule has 7 heteroatoms. The third-order valence-corrected chi connectivity index (χ3v) is 6.96. The van der Waals surface area contributed by atoms with Crippen LogP contribution in [0.25, 0.3) is 21.6 Å². The number of carbonyl (C=O) groups is 2. The summed E-state index contributed by atoms with van der Waals surface area (Å²) in [5.41, 5.74) is 4.48. The van der Waals surface area contributed by atoms with Crippen LogP contribution in [0.2, 0.25) is 0 Å². The number of carbonyl (C=O) groups excluding carboxylic acids is 2. The summed E-state index contributed by atoms with van der Waals surface area (Å²) in [7, 11) is 2.03. The first-order valence-corrected chi connectivity index (χ1v) is 11.5. The predicted molar refractivity (Wildman–Crippen MR) is 129 cm³/mol. The zero-order valence-electron chi connectivity index (χ0n) is 18.1. The molecule has 1 aliphatic heterocycles. The second-order valence-electron chi connectivity index (χ2n) is 8.07. The van der Waals surface area contributed by atoms with Crippen LogP contribution in [0.3, 0.4) is 0 Å². The summed E-state index contributed by atoms with van der Waals surface area (Å²) in [6, 6.07) is 18.0. The summed E-state index contributed by atoms with van der Waals surface area (Å²) < 4.78 is 2.12. The highest BCUT2D eigenvalue weighted by atomic mass is 32.1. The molecule has 1 saturated heterocycles. The molecule has 0 radical (unpaired) electrons. The molecule has 1 fully saturated rings. The minimum atomic E-state index is -0.0159. The number of nitrogens with zero attached hydrogens (tertiary/aromatic N) is 4. The fourth-order valence-corrected chi connectivity index (χ4v) is 5.06. The Morgan fingerprint density at radius 2 is 1.69 bits per heavy atom. The van der Waals surface area contributed by atoms with Crippen LogP contribution >= 0.6 is 11.3 Å². The number of Topliss-reactive ketones (excluding diaryl/α,β-unsaturated/α-hetero) is 1. The Kier molecular flexibility index (Phi) is 5.27. The van der Waals surface area contributed by atoms with Crippen LogP contribution in [0.15, 0.2) is 60.0 Å². The largest absolute Gasteiger partial charge is 0.368 e. The number of para-hydroxylation sites is 1. The number of thiazole rings is 1. The minimum absolute atomic E-state index is 0.0159. The quantitative estimate of drug-likeness (QED) is 0.436. The summed E-state index contributed by atoms with van der Waals surface area (Å²) in [4.78, 5) is 33.3. The van der Waals surface area contributed by atoms with E-state index in [2.05, 4.69) is 32.7 Å². The lowest BCUT2D eigenvalue weighted by atomic mass is 10.1. The summed E-state index contributed by atoms with van der Waals surface area (Å²) in [6.45, 7) is 4.38. The maximum Gasteiger partial charge on any atom is 0.273 e. The van der Waals surface area contributed by atoms with Gasteiger partial charge in [0.2, 0.25) is 0 Å². The first-order chi connectivity index (χ1) is 15.5. The van der Waals surface area contributed by atoms with Crippen molar-refractivity contribution in [3.63, 3.8) is 0 Å². The molecule has 5 rings (SSSR count). The number of fused-ring (bicyclic) bond motifs is 1. The number of benzene rings is 2. The van der Waals surface area contributed by atoms with Crippen molar-refractivity contribution in [1.29, 1.82) is 0 Å². The van der Waals surface area contributed by atoms with E-state index in [1.165, 1.54) is 16.7 Å². The molecule has 4 aromatic rings. The van der Waals surface area contributed by atoms with Crippen LogP contribution in [0, 0.1) is 0 Å². The zero-order chi connectivity index (χ0) is 22.2. The summed E-state index contributed by atoms with van der Waals surface area (Å²) >= 11 is 1.51. The van der Waals surface area contributed by atoms with Crippen molar-refractivity contribution in [2.24, 2.45) is 7.05 Å². The van der Waals surface area contributed by atoms with E-state index >= 15 is 0 Å². The Morgan fingerprint density at radius 3 is 2.38 bits per heavy atom. The van der Waals surface area contributed by atoms with Crippen LogP contribution in [-0.4, -0.2) is 52.3 Å². The fraction of sp³-hybridized carbons (Fsp3) is 0.240. The molecule has 2 aromatic carbocycles. The normalized spacial score (nSPS) is 14.2. The Balaban J connectivity index is 1.27. The summed E-state index contributed by atoms with van der Waals surface area (Å²) in [6.07, 6.45) is 0. The van der Waals surface area contributed by atoms with Gasteiger partial charge in [0.25, 0.3) is 5.91 Å². The van der Waals surface area contributed by atoms with Crippen molar-refractivity contribution in [3.8, 4) is 10.7 Å². The topological polar surface area (TPSA) is 58.4 Å². The molecular weight excluding hydrogens is 420 g/mol. The molecule has 0 spiro atoms. The molecule has 0 unspecified atom stereocenters. The monoisotopic (exact) mass is 444 g/mol. The number of piperazine rings is 1. The Morgan fingerprint density at radius 1 is 0.969 bits per heavy atom. The Hall–Kier alpha value is -3.45. The molecule has 3 heterocycles. The molecule has 1 aliphatic rings. The highest BCUT2D eigenvalue weighted by Crippen LogP contribution is 2.30. The highest BCUT2D eigenvalue weighted by molar-refractivity contribution is 7.13. The van der Waals surface area contributed by atoms with Crippen molar-refractivity contribution >= 4 is 39.6 Å². The minimum Gasteiger partial charge on any atom is -0.368 e. The van der Waals surface area contributed by atoms with E-state index in [1.807, 2.05) is 53.7 Å². The van der Waals surface area contributed by atoms with E-state index in [-0.39, 0.29) is 11.7 Å². The number of aromatic nitrogens is 2. The van der Waals surface area contributed by atoms with Gasteiger partial charge in [-0.2, -0.15) is 0 Å². The molecular formula is C25H24N4O2S. The van der Waals surface area contributed by atoms with Crippen molar-refractivity contribution in [2.75, 3.05) is 31.1 Å². The molecule has 0 aliphatic carbocycles. The van der Waals surface area contributed by atoms with Gasteiger partial charge < -0.3 is 14.4 Å². The first-order valence-electron chi connectivity index (χ1n) is 10.7. The van der Waals surface area contributed by atoms with Gasteiger partial charge in [0, 0.05) is 60.8 Å². The fourth-order valence-electron chi connectivity index (χ4n) is 4.22. The van der Waals surface area contributed by atoms with Gasteiger partial charge in [-0.25, -0.2) is 4.98 Å². The highest BCUT2D eigenvalue weighted by Gasteiger charge is 2.24. The lowest BCUT2D eigenvalue weighted by Gasteiger charge is -2.35. The molecule has 0 bridgehead atoms. The molecule has 0 saturated carbocycles. The molecule has 2 aromatic heterocycles. The van der Waals surface area contributed by atoms with E-state index in [1.54, 1.807) is 6.92 Å².